The molecular formula is C16H23N3O2S. The number of hydrogen-bond donors (Lipinski definition) is 0. The van der Waals surface area contributed by atoms with Gasteiger partial charge in [0, 0.05) is 25.0 Å². The monoisotopic (exact) mass is 321 g/mol. The van der Waals surface area contributed by atoms with Crippen LogP contribution in [0.5, 0.6) is 0 Å². The van der Waals surface area contributed by atoms with E-state index in [9.17, 15) is 9.59 Å². The summed E-state index contributed by atoms with van der Waals surface area (Å²) in [4.78, 5) is 33.9. The third kappa shape index (κ3) is 2.43. The number of thiazole rings is 1. The van der Waals surface area contributed by atoms with E-state index >= 15 is 0 Å². The summed E-state index contributed by atoms with van der Waals surface area (Å²) in [5.74, 6) is 0.0759. The van der Waals surface area contributed by atoms with Gasteiger partial charge in [0.2, 0.25) is 5.91 Å². The molecule has 3 rings (SSSR count). The predicted molar refractivity (Wildman–Crippen MR) is 86.0 cm³/mol. The molecule has 1 atom stereocenters. The quantitative estimate of drug-likeness (QED) is 0.859. The van der Waals surface area contributed by atoms with Crippen molar-refractivity contribution < 1.29 is 9.59 Å². The van der Waals surface area contributed by atoms with Crippen molar-refractivity contribution in [2.24, 2.45) is 0 Å². The van der Waals surface area contributed by atoms with E-state index in [1.807, 2.05) is 16.7 Å². The Labute approximate surface area is 135 Å². The lowest BCUT2D eigenvalue weighted by Gasteiger charge is -2.44. The molecule has 1 aromatic heterocycles. The Bertz CT molecular complexity index is 584. The molecule has 120 valence electrons. The van der Waals surface area contributed by atoms with Crippen LogP contribution in [-0.2, 0) is 4.79 Å². The number of aryl methyl sites for hydroxylation is 1. The fourth-order valence-electron chi connectivity index (χ4n) is 3.81. The summed E-state index contributed by atoms with van der Waals surface area (Å²) in [5.41, 5.74) is -0.119. The zero-order valence-corrected chi connectivity index (χ0v) is 14.1. The molecule has 5 nitrogen and oxygen atoms in total. The van der Waals surface area contributed by atoms with Crippen molar-refractivity contribution in [3.63, 3.8) is 0 Å². The van der Waals surface area contributed by atoms with Gasteiger partial charge in [-0.1, -0.05) is 6.92 Å². The molecule has 0 radical (unpaired) electrons. The molecule has 0 bridgehead atoms. The molecule has 0 aromatic carbocycles. The molecule has 0 saturated carbocycles. The summed E-state index contributed by atoms with van der Waals surface area (Å²) in [6, 6.07) is 0. The van der Waals surface area contributed by atoms with Crippen molar-refractivity contribution in [3.05, 3.63) is 16.1 Å². The first kappa shape index (κ1) is 15.5. The molecule has 22 heavy (non-hydrogen) atoms. The summed E-state index contributed by atoms with van der Waals surface area (Å²) in [6.07, 6.45) is 4.43. The Kier molecular flexibility index (Phi) is 4.21. The lowest BCUT2D eigenvalue weighted by atomic mass is 9.85. The number of likely N-dealkylation sites (tertiary alicyclic amines) is 2. The highest BCUT2D eigenvalue weighted by molar-refractivity contribution is 7.09. The van der Waals surface area contributed by atoms with E-state index in [2.05, 4.69) is 11.9 Å². The zero-order chi connectivity index (χ0) is 15.7. The first-order valence-electron chi connectivity index (χ1n) is 8.12. The van der Waals surface area contributed by atoms with Gasteiger partial charge >= 0.3 is 0 Å². The Morgan fingerprint density at radius 3 is 2.73 bits per heavy atom. The van der Waals surface area contributed by atoms with Crippen LogP contribution in [-0.4, -0.2) is 51.8 Å². The van der Waals surface area contributed by atoms with Crippen molar-refractivity contribution in [1.82, 2.24) is 14.8 Å². The normalized spacial score (nSPS) is 25.3. The standard InChI is InChI=1S/C16H23N3O2S/c1-3-8-18-9-4-6-16(15(18)21)7-5-10-19(16)14(20)13-11-22-12(2)17-13/h11H,3-10H2,1-2H3. The van der Waals surface area contributed by atoms with Crippen molar-refractivity contribution >= 4 is 23.2 Å². The van der Waals surface area contributed by atoms with Crippen LogP contribution in [0.15, 0.2) is 5.38 Å². The summed E-state index contributed by atoms with van der Waals surface area (Å²) >= 11 is 1.48. The van der Waals surface area contributed by atoms with Crippen LogP contribution < -0.4 is 0 Å². The Morgan fingerprint density at radius 2 is 2.09 bits per heavy atom. The average Bonchev–Trinajstić information content (AvgIpc) is 3.11. The Balaban J connectivity index is 1.88. The van der Waals surface area contributed by atoms with Gasteiger partial charge < -0.3 is 9.80 Å². The van der Waals surface area contributed by atoms with Crippen LogP contribution in [0.1, 0.15) is 54.5 Å². The van der Waals surface area contributed by atoms with E-state index in [0.29, 0.717) is 12.2 Å². The minimum atomic E-state index is -0.609. The van der Waals surface area contributed by atoms with Gasteiger partial charge in [-0.05, 0) is 39.0 Å². The SMILES string of the molecule is CCCN1CCCC2(CCCN2C(=O)c2csc(C)n2)C1=O. The van der Waals surface area contributed by atoms with Crippen LogP contribution in [0.25, 0.3) is 0 Å². The van der Waals surface area contributed by atoms with Gasteiger partial charge in [-0.25, -0.2) is 4.98 Å². The van der Waals surface area contributed by atoms with Gasteiger partial charge in [-0.15, -0.1) is 11.3 Å². The molecule has 2 aliphatic rings. The number of hydrogen-bond acceptors (Lipinski definition) is 4. The lowest BCUT2D eigenvalue weighted by molar-refractivity contribution is -0.145. The number of piperidine rings is 1. The predicted octanol–water partition coefficient (Wildman–Crippen LogP) is 2.46. The molecule has 2 aliphatic heterocycles. The van der Waals surface area contributed by atoms with Crippen LogP contribution in [0.4, 0.5) is 0 Å². The molecule has 3 heterocycles. The van der Waals surface area contributed by atoms with E-state index in [1.165, 1.54) is 11.3 Å². The number of aromatic nitrogens is 1. The van der Waals surface area contributed by atoms with E-state index in [1.54, 1.807) is 5.38 Å². The number of amides is 2. The molecule has 0 N–H and O–H groups in total. The summed E-state index contributed by atoms with van der Waals surface area (Å²) in [6.45, 7) is 6.27. The van der Waals surface area contributed by atoms with Crippen LogP contribution in [0, 0.1) is 6.92 Å². The zero-order valence-electron chi connectivity index (χ0n) is 13.3. The maximum Gasteiger partial charge on any atom is 0.274 e. The molecule has 2 saturated heterocycles. The van der Waals surface area contributed by atoms with Gasteiger partial charge in [0.15, 0.2) is 0 Å². The van der Waals surface area contributed by atoms with E-state index < -0.39 is 5.54 Å². The fraction of sp³-hybridized carbons (Fsp3) is 0.688. The number of nitrogens with zero attached hydrogens (tertiary/aromatic N) is 3. The van der Waals surface area contributed by atoms with Crippen LogP contribution >= 0.6 is 11.3 Å². The van der Waals surface area contributed by atoms with Crippen molar-refractivity contribution in [2.45, 2.75) is 51.5 Å². The number of carbonyl (C=O) groups is 2. The first-order chi connectivity index (χ1) is 10.6. The molecule has 2 amide bonds. The van der Waals surface area contributed by atoms with Gasteiger partial charge in [-0.3, -0.25) is 9.59 Å². The molecule has 6 heteroatoms. The number of rotatable bonds is 3. The molecule has 1 spiro atoms. The minimum absolute atomic E-state index is 0.0754. The highest BCUT2D eigenvalue weighted by Crippen LogP contribution is 2.39. The third-order valence-corrected chi connectivity index (χ3v) is 5.54. The smallest absolute Gasteiger partial charge is 0.274 e. The fourth-order valence-corrected chi connectivity index (χ4v) is 4.39. The maximum absolute atomic E-state index is 13.0. The average molecular weight is 321 g/mol. The number of carbonyl (C=O) groups excluding carboxylic acids is 2. The van der Waals surface area contributed by atoms with Gasteiger partial charge in [0.05, 0.1) is 5.01 Å². The van der Waals surface area contributed by atoms with E-state index in [4.69, 9.17) is 0 Å². The van der Waals surface area contributed by atoms with Gasteiger partial charge in [0.25, 0.3) is 5.91 Å². The second kappa shape index (κ2) is 5.99. The third-order valence-electron chi connectivity index (χ3n) is 4.77. The van der Waals surface area contributed by atoms with E-state index in [0.717, 1.165) is 50.2 Å². The summed E-state index contributed by atoms with van der Waals surface area (Å²) < 4.78 is 0. The molecule has 1 aromatic rings. The van der Waals surface area contributed by atoms with Gasteiger partial charge in [0.1, 0.15) is 11.2 Å². The topological polar surface area (TPSA) is 53.5 Å². The van der Waals surface area contributed by atoms with Crippen molar-refractivity contribution in [1.29, 1.82) is 0 Å². The van der Waals surface area contributed by atoms with E-state index in [-0.39, 0.29) is 11.8 Å². The Morgan fingerprint density at radius 1 is 1.36 bits per heavy atom. The highest BCUT2D eigenvalue weighted by atomic mass is 32.1. The molecule has 1 unspecified atom stereocenters. The van der Waals surface area contributed by atoms with Crippen LogP contribution in [0.2, 0.25) is 0 Å². The lowest BCUT2D eigenvalue weighted by Crippen LogP contribution is -2.61. The largest absolute Gasteiger partial charge is 0.341 e. The van der Waals surface area contributed by atoms with Crippen molar-refractivity contribution in [3.8, 4) is 0 Å². The van der Waals surface area contributed by atoms with Crippen LogP contribution in [0.3, 0.4) is 0 Å². The molecule has 0 aliphatic carbocycles. The summed E-state index contributed by atoms with van der Waals surface area (Å²) in [5, 5.41) is 2.69. The Hall–Kier alpha value is -1.43. The minimum Gasteiger partial charge on any atom is -0.341 e. The highest BCUT2D eigenvalue weighted by Gasteiger charge is 2.52. The summed E-state index contributed by atoms with van der Waals surface area (Å²) in [7, 11) is 0. The van der Waals surface area contributed by atoms with Crippen molar-refractivity contribution in [2.75, 3.05) is 19.6 Å². The first-order valence-corrected chi connectivity index (χ1v) is 9.00. The van der Waals surface area contributed by atoms with Gasteiger partial charge in [-0.2, -0.15) is 0 Å². The second-order valence-corrected chi connectivity index (χ2v) is 7.30. The second-order valence-electron chi connectivity index (χ2n) is 6.24. The molecule has 2 fully saturated rings. The molecular weight excluding hydrogens is 298 g/mol. The maximum atomic E-state index is 13.0.